The minimum absolute atomic E-state index is 0.212. The van der Waals surface area contributed by atoms with Crippen LogP contribution >= 0.6 is 15.9 Å². The topological polar surface area (TPSA) is 18.5 Å². The summed E-state index contributed by atoms with van der Waals surface area (Å²) in [5.41, 5.74) is 2.96. The molecule has 1 aromatic carbocycles. The number of hydrogen-bond acceptors (Lipinski definition) is 3. The largest absolute Gasteiger partial charge is 0.368 e. The molecule has 1 atom stereocenters. The van der Waals surface area contributed by atoms with Gasteiger partial charge in [-0.3, -0.25) is 4.90 Å². The molecule has 2 rings (SSSR count). The molecule has 0 radical (unpaired) electrons. The lowest BCUT2D eigenvalue weighted by Gasteiger charge is -2.47. The molecule has 21 heavy (non-hydrogen) atoms. The summed E-state index contributed by atoms with van der Waals surface area (Å²) in [4.78, 5) is 4.99. The fourth-order valence-electron chi connectivity index (χ4n) is 3.02. The number of likely N-dealkylation sites (N-methyl/N-ethyl adjacent to an activating group) is 1. The highest BCUT2D eigenvalue weighted by Crippen LogP contribution is 2.32. The molecule has 0 spiro atoms. The van der Waals surface area contributed by atoms with Gasteiger partial charge in [0.15, 0.2) is 0 Å². The van der Waals surface area contributed by atoms with Crippen LogP contribution in [-0.4, -0.2) is 43.7 Å². The molecule has 1 fully saturated rings. The minimum atomic E-state index is 0.212. The first kappa shape index (κ1) is 16.8. The van der Waals surface area contributed by atoms with Gasteiger partial charge in [0.05, 0.1) is 0 Å². The molecule has 0 amide bonds. The zero-order chi connectivity index (χ0) is 15.6. The number of nitrogens with one attached hydrogen (secondary N) is 1. The molecule has 0 bridgehead atoms. The van der Waals surface area contributed by atoms with Crippen molar-refractivity contribution >= 4 is 21.6 Å². The monoisotopic (exact) mass is 353 g/mol. The molecule has 1 saturated heterocycles. The Labute approximate surface area is 137 Å². The van der Waals surface area contributed by atoms with E-state index in [-0.39, 0.29) is 5.54 Å². The fraction of sp³-hybridized carbons (Fsp3) is 0.647. The van der Waals surface area contributed by atoms with E-state index in [9.17, 15) is 0 Å². The van der Waals surface area contributed by atoms with Gasteiger partial charge in [-0.05, 0) is 58.1 Å². The van der Waals surface area contributed by atoms with Gasteiger partial charge in [0.1, 0.15) is 0 Å². The number of benzene rings is 1. The van der Waals surface area contributed by atoms with Gasteiger partial charge in [-0.25, -0.2) is 0 Å². The van der Waals surface area contributed by atoms with E-state index in [0.29, 0.717) is 6.04 Å². The van der Waals surface area contributed by atoms with Crippen molar-refractivity contribution in [2.45, 2.75) is 39.3 Å². The van der Waals surface area contributed by atoms with Gasteiger partial charge in [0.2, 0.25) is 0 Å². The molecule has 118 valence electrons. The maximum Gasteiger partial charge on any atom is 0.0416 e. The third-order valence-electron chi connectivity index (χ3n) is 4.62. The van der Waals surface area contributed by atoms with Crippen LogP contribution in [0.3, 0.4) is 0 Å². The van der Waals surface area contributed by atoms with Crippen molar-refractivity contribution in [3.8, 4) is 0 Å². The van der Waals surface area contributed by atoms with Gasteiger partial charge in [0, 0.05) is 41.4 Å². The van der Waals surface area contributed by atoms with Crippen molar-refractivity contribution in [1.29, 1.82) is 0 Å². The number of halogens is 1. The molecule has 0 saturated carbocycles. The number of rotatable bonds is 4. The van der Waals surface area contributed by atoms with Crippen LogP contribution in [0.2, 0.25) is 0 Å². The maximum atomic E-state index is 3.62. The van der Waals surface area contributed by atoms with E-state index in [1.807, 2.05) is 0 Å². The van der Waals surface area contributed by atoms with Crippen LogP contribution < -0.4 is 10.2 Å². The Hall–Kier alpha value is -0.580. The third kappa shape index (κ3) is 3.79. The van der Waals surface area contributed by atoms with E-state index in [4.69, 9.17) is 0 Å². The molecule has 1 N–H and O–H groups in total. The number of piperazine rings is 1. The summed E-state index contributed by atoms with van der Waals surface area (Å²) in [6.07, 6.45) is 0. The van der Waals surface area contributed by atoms with E-state index in [2.05, 4.69) is 84.0 Å². The first-order valence-electron chi connectivity index (χ1n) is 7.84. The van der Waals surface area contributed by atoms with Crippen LogP contribution in [0, 0.1) is 0 Å². The zero-order valence-electron chi connectivity index (χ0n) is 13.9. The number of hydrogen-bond donors (Lipinski definition) is 1. The van der Waals surface area contributed by atoms with Crippen LogP contribution in [0.1, 0.15) is 39.3 Å². The van der Waals surface area contributed by atoms with Gasteiger partial charge < -0.3 is 10.2 Å². The first-order chi connectivity index (χ1) is 9.85. The van der Waals surface area contributed by atoms with E-state index in [1.54, 1.807) is 0 Å². The molecule has 4 heteroatoms. The second kappa shape index (κ2) is 6.67. The lowest BCUT2D eigenvalue weighted by Crippen LogP contribution is -2.58. The van der Waals surface area contributed by atoms with Gasteiger partial charge in [0.25, 0.3) is 0 Å². The van der Waals surface area contributed by atoms with Crippen molar-refractivity contribution in [1.82, 2.24) is 10.2 Å². The van der Waals surface area contributed by atoms with Crippen molar-refractivity contribution in [3.05, 3.63) is 28.2 Å². The molecular formula is C17H28BrN3. The zero-order valence-corrected chi connectivity index (χ0v) is 15.5. The summed E-state index contributed by atoms with van der Waals surface area (Å²) in [5, 5.41) is 3.54. The lowest BCUT2D eigenvalue weighted by molar-refractivity contribution is 0.138. The predicted octanol–water partition coefficient (Wildman–Crippen LogP) is 3.65. The fourth-order valence-corrected chi connectivity index (χ4v) is 3.40. The third-order valence-corrected chi connectivity index (χ3v) is 5.12. The van der Waals surface area contributed by atoms with Crippen molar-refractivity contribution in [2.75, 3.05) is 38.1 Å². The summed E-state index contributed by atoms with van der Waals surface area (Å²) in [7, 11) is 2.22. The first-order valence-corrected chi connectivity index (χ1v) is 8.63. The summed E-state index contributed by atoms with van der Waals surface area (Å²) >= 11 is 3.62. The maximum absolute atomic E-state index is 3.62. The number of anilines is 1. The molecule has 1 unspecified atom stereocenters. The van der Waals surface area contributed by atoms with E-state index in [0.717, 1.165) is 30.7 Å². The lowest BCUT2D eigenvalue weighted by atomic mass is 9.97. The Morgan fingerprint density at radius 2 is 2.05 bits per heavy atom. The summed E-state index contributed by atoms with van der Waals surface area (Å²) in [5.74, 6) is 0. The molecular weight excluding hydrogens is 326 g/mol. The Morgan fingerprint density at radius 1 is 1.33 bits per heavy atom. The standard InChI is InChI=1S/C17H28BrN3/c1-6-19-13(2)15-11-14(18)7-8-16(15)21-10-9-20(5)17(3,4)12-21/h7-8,11,13,19H,6,9-10,12H2,1-5H3. The molecule has 3 nitrogen and oxygen atoms in total. The molecule has 1 aliphatic heterocycles. The predicted molar refractivity (Wildman–Crippen MR) is 95.2 cm³/mol. The van der Waals surface area contributed by atoms with E-state index < -0.39 is 0 Å². The smallest absolute Gasteiger partial charge is 0.0416 e. The normalized spacial score (nSPS) is 20.6. The second-order valence-corrected chi connectivity index (χ2v) is 7.55. The van der Waals surface area contributed by atoms with Crippen LogP contribution in [0.5, 0.6) is 0 Å². The summed E-state index contributed by atoms with van der Waals surface area (Å²) < 4.78 is 1.15. The number of nitrogens with zero attached hydrogens (tertiary/aromatic N) is 2. The van der Waals surface area contributed by atoms with Crippen LogP contribution in [0.4, 0.5) is 5.69 Å². The highest BCUT2D eigenvalue weighted by atomic mass is 79.9. The Kier molecular flexibility index (Phi) is 5.33. The highest BCUT2D eigenvalue weighted by molar-refractivity contribution is 9.10. The van der Waals surface area contributed by atoms with Gasteiger partial charge >= 0.3 is 0 Å². The van der Waals surface area contributed by atoms with Crippen molar-refractivity contribution < 1.29 is 0 Å². The Morgan fingerprint density at radius 3 is 2.67 bits per heavy atom. The molecule has 0 aliphatic carbocycles. The van der Waals surface area contributed by atoms with Gasteiger partial charge in [-0.1, -0.05) is 22.9 Å². The quantitative estimate of drug-likeness (QED) is 0.891. The van der Waals surface area contributed by atoms with E-state index in [1.165, 1.54) is 11.3 Å². The highest BCUT2D eigenvalue weighted by Gasteiger charge is 2.32. The molecule has 1 aliphatic rings. The molecule has 1 heterocycles. The summed E-state index contributed by atoms with van der Waals surface area (Å²) in [6, 6.07) is 7.04. The van der Waals surface area contributed by atoms with Crippen molar-refractivity contribution in [3.63, 3.8) is 0 Å². The SMILES string of the molecule is CCNC(C)c1cc(Br)ccc1N1CCN(C)C(C)(C)C1. The molecule has 1 aromatic rings. The van der Waals surface area contributed by atoms with Crippen LogP contribution in [0.15, 0.2) is 22.7 Å². The molecule has 0 aromatic heterocycles. The van der Waals surface area contributed by atoms with Crippen LogP contribution in [0.25, 0.3) is 0 Å². The summed E-state index contributed by atoms with van der Waals surface area (Å²) in [6.45, 7) is 13.3. The Balaban J connectivity index is 2.31. The van der Waals surface area contributed by atoms with Gasteiger partial charge in [-0.2, -0.15) is 0 Å². The van der Waals surface area contributed by atoms with Crippen molar-refractivity contribution in [2.24, 2.45) is 0 Å². The van der Waals surface area contributed by atoms with Gasteiger partial charge in [-0.15, -0.1) is 0 Å². The second-order valence-electron chi connectivity index (χ2n) is 6.64. The van der Waals surface area contributed by atoms with E-state index >= 15 is 0 Å². The Bertz CT molecular complexity index is 487. The van der Waals surface area contributed by atoms with Crippen LogP contribution in [-0.2, 0) is 0 Å². The average molecular weight is 354 g/mol. The minimum Gasteiger partial charge on any atom is -0.368 e. The average Bonchev–Trinajstić information content (AvgIpc) is 2.42.